The Kier molecular flexibility index (Phi) is 12.6. The highest BCUT2D eigenvalue weighted by molar-refractivity contribution is 5.83. The summed E-state index contributed by atoms with van der Waals surface area (Å²) < 4.78 is 7.92. The fraction of sp³-hybridized carbons (Fsp3) is 0.472. The fourth-order valence-corrected chi connectivity index (χ4v) is 5.98. The predicted octanol–water partition coefficient (Wildman–Crippen LogP) is 5.83. The highest BCUT2D eigenvalue weighted by Gasteiger charge is 2.27. The number of phenolic OH excluding ortho intramolecular Hbond substituents is 1. The smallest absolute Gasteiger partial charge is 0.165 e. The monoisotopic (exact) mass is 618 g/mol. The van der Waals surface area contributed by atoms with Gasteiger partial charge >= 0.3 is 0 Å². The van der Waals surface area contributed by atoms with E-state index in [-0.39, 0.29) is 31.1 Å². The van der Waals surface area contributed by atoms with Crippen LogP contribution in [0.2, 0.25) is 0 Å². The van der Waals surface area contributed by atoms with Crippen LogP contribution in [0.3, 0.4) is 0 Å². The molecule has 3 atom stereocenters. The Morgan fingerprint density at radius 1 is 1.00 bits per heavy atom. The van der Waals surface area contributed by atoms with Gasteiger partial charge in [-0.1, -0.05) is 69.9 Å². The number of nitrogens with one attached hydrogen (secondary N) is 1. The molecule has 3 unspecified atom stereocenters. The number of H-pyrrole nitrogens is 1. The highest BCUT2D eigenvalue weighted by Crippen LogP contribution is 2.30. The third-order valence-electron chi connectivity index (χ3n) is 8.54. The Bertz CT molecular complexity index is 1510. The second kappa shape index (κ2) is 16.6. The molecule has 9 heteroatoms. The molecule has 0 spiro atoms. The number of aromatic amines is 1. The number of Topliss-reactive ketones (excluding diaryl/α,β-unsaturated/α-hetero) is 1. The summed E-state index contributed by atoms with van der Waals surface area (Å²) in [4.78, 5) is 16.6. The summed E-state index contributed by atoms with van der Waals surface area (Å²) in [6.07, 6.45) is 10.7. The van der Waals surface area contributed by atoms with E-state index >= 15 is 0 Å². The Morgan fingerprint density at radius 3 is 2.58 bits per heavy atom. The number of nitrogens with two attached hydrogens (primary N) is 2. The van der Waals surface area contributed by atoms with Gasteiger partial charge in [-0.25, -0.2) is 0 Å². The molecule has 0 aliphatic rings. The van der Waals surface area contributed by atoms with Crippen LogP contribution in [0.25, 0.3) is 10.9 Å². The molecule has 0 saturated carbocycles. The van der Waals surface area contributed by atoms with E-state index in [9.17, 15) is 20.1 Å². The third kappa shape index (κ3) is 9.68. The summed E-state index contributed by atoms with van der Waals surface area (Å²) in [5.74, 6) is -0.107. The number of aromatic nitrogens is 2. The van der Waals surface area contributed by atoms with Gasteiger partial charge in [0.2, 0.25) is 0 Å². The molecule has 244 valence electrons. The molecule has 2 aromatic heterocycles. The van der Waals surface area contributed by atoms with Crippen LogP contribution in [-0.4, -0.2) is 42.9 Å². The van der Waals surface area contributed by atoms with Gasteiger partial charge < -0.3 is 41.1 Å². The lowest BCUT2D eigenvalue weighted by Crippen LogP contribution is -2.32. The van der Waals surface area contributed by atoms with Crippen LogP contribution in [0.5, 0.6) is 11.5 Å². The molecule has 4 aromatic rings. The van der Waals surface area contributed by atoms with E-state index in [1.165, 1.54) is 0 Å². The lowest BCUT2D eigenvalue weighted by molar-refractivity contribution is -0.127. The largest absolute Gasteiger partial charge is 0.504 e. The van der Waals surface area contributed by atoms with Crippen molar-refractivity contribution in [2.24, 2.45) is 17.4 Å². The Hall–Kier alpha value is -3.63. The first-order chi connectivity index (χ1) is 21.7. The van der Waals surface area contributed by atoms with E-state index in [4.69, 9.17) is 16.2 Å². The molecule has 9 nitrogen and oxygen atoms in total. The predicted molar refractivity (Wildman–Crippen MR) is 178 cm³/mol. The molecule has 0 saturated heterocycles. The van der Waals surface area contributed by atoms with Crippen LogP contribution in [0.4, 0.5) is 0 Å². The zero-order valence-electron chi connectivity index (χ0n) is 26.6. The first kappa shape index (κ1) is 34.2. The molecule has 0 radical (unpaired) electrons. The molecule has 0 aliphatic heterocycles. The maximum Gasteiger partial charge on any atom is 0.165 e. The molecule has 4 rings (SSSR count). The number of carbonyl (C=O) groups is 1. The number of aliphatic hydroxyl groups excluding tert-OH is 2. The molecular formula is C36H50N4O5. The van der Waals surface area contributed by atoms with Crippen LogP contribution < -0.4 is 16.2 Å². The standard InChI is InChI=1S/C36H50N4O5/c1-3-5-6-11-29(34(44)19-28(41)8-4-2)32(42)14-12-24-13-15-33(43)35(18-24)45-23-40-21-30-27(20-39-31(30)22-40)17-25-9-7-10-26(16-25)36(37)38/h7,9-10,13,15-16,18,20-22,28-29,34,36,39,41,43-44H,3-6,8,11-12,14,17,19,23,37-38H2,1-2H3. The number of aliphatic hydroxyl groups is 2. The number of carbonyl (C=O) groups excluding carboxylic acids is 1. The van der Waals surface area contributed by atoms with Crippen molar-refractivity contribution in [2.45, 2.75) is 103 Å². The van der Waals surface area contributed by atoms with Gasteiger partial charge in [0.25, 0.3) is 0 Å². The molecular weight excluding hydrogens is 568 g/mol. The molecule has 0 bridgehead atoms. The van der Waals surface area contributed by atoms with Gasteiger partial charge in [0.1, 0.15) is 5.78 Å². The zero-order chi connectivity index (χ0) is 32.3. The maximum atomic E-state index is 13.3. The van der Waals surface area contributed by atoms with E-state index in [0.29, 0.717) is 25.0 Å². The molecule has 8 N–H and O–H groups in total. The second-order valence-electron chi connectivity index (χ2n) is 12.3. The molecule has 0 fully saturated rings. The summed E-state index contributed by atoms with van der Waals surface area (Å²) in [5, 5.41) is 32.6. The van der Waals surface area contributed by atoms with E-state index in [1.54, 1.807) is 18.2 Å². The minimum Gasteiger partial charge on any atom is -0.504 e. The number of ketones is 1. The van der Waals surface area contributed by atoms with Crippen LogP contribution in [0, 0.1) is 5.92 Å². The zero-order valence-corrected chi connectivity index (χ0v) is 26.6. The number of aryl methyl sites for hydroxylation is 1. The number of hydrogen-bond acceptors (Lipinski definition) is 7. The second-order valence-corrected chi connectivity index (χ2v) is 12.3. The maximum absolute atomic E-state index is 13.3. The van der Waals surface area contributed by atoms with Crippen molar-refractivity contribution in [1.82, 2.24) is 9.55 Å². The van der Waals surface area contributed by atoms with Gasteiger partial charge in [-0.05, 0) is 66.5 Å². The number of ether oxygens (including phenoxy) is 1. The van der Waals surface area contributed by atoms with Gasteiger partial charge in [0.15, 0.2) is 18.2 Å². The van der Waals surface area contributed by atoms with Crippen LogP contribution >= 0.6 is 0 Å². The summed E-state index contributed by atoms with van der Waals surface area (Å²) in [5.41, 5.74) is 16.7. The van der Waals surface area contributed by atoms with E-state index < -0.39 is 24.3 Å². The summed E-state index contributed by atoms with van der Waals surface area (Å²) >= 11 is 0. The number of fused-ring (bicyclic) bond motifs is 1. The van der Waals surface area contributed by atoms with Crippen molar-refractivity contribution in [2.75, 3.05) is 0 Å². The average molecular weight is 619 g/mol. The number of unbranched alkanes of at least 4 members (excludes halogenated alkanes) is 2. The van der Waals surface area contributed by atoms with Crippen molar-refractivity contribution in [1.29, 1.82) is 0 Å². The summed E-state index contributed by atoms with van der Waals surface area (Å²) in [7, 11) is 0. The number of benzene rings is 2. The normalized spacial score (nSPS) is 13.8. The molecule has 2 heterocycles. The van der Waals surface area contributed by atoms with Gasteiger partial charge in [0.05, 0.1) is 23.9 Å². The molecule has 0 amide bonds. The highest BCUT2D eigenvalue weighted by atomic mass is 16.5. The van der Waals surface area contributed by atoms with Crippen molar-refractivity contribution in [3.05, 3.63) is 83.3 Å². The fourth-order valence-electron chi connectivity index (χ4n) is 5.98. The van der Waals surface area contributed by atoms with Gasteiger partial charge in [-0.2, -0.15) is 0 Å². The minimum absolute atomic E-state index is 0.00802. The Balaban J connectivity index is 1.37. The van der Waals surface area contributed by atoms with E-state index in [1.807, 2.05) is 48.3 Å². The molecule has 45 heavy (non-hydrogen) atoms. The van der Waals surface area contributed by atoms with Crippen molar-refractivity contribution in [3.8, 4) is 11.5 Å². The lowest BCUT2D eigenvalue weighted by Gasteiger charge is -2.24. The van der Waals surface area contributed by atoms with Gasteiger partial charge in [-0.3, -0.25) is 4.79 Å². The minimum atomic E-state index is -0.850. The first-order valence-corrected chi connectivity index (χ1v) is 16.3. The first-order valence-electron chi connectivity index (χ1n) is 16.3. The Morgan fingerprint density at radius 2 is 1.82 bits per heavy atom. The number of rotatable bonds is 19. The van der Waals surface area contributed by atoms with Crippen molar-refractivity contribution >= 4 is 16.7 Å². The van der Waals surface area contributed by atoms with Crippen LogP contribution in [-0.2, 0) is 24.4 Å². The number of nitrogens with zero attached hydrogens (tertiary/aromatic N) is 1. The quantitative estimate of drug-likeness (QED) is 0.0570. The SMILES string of the molecule is CCCCCC(C(=O)CCc1ccc(O)c(OCn2cc3[nH]cc(Cc4cccc(C(N)N)c4)c3c2)c1)C(O)CC(O)CCC. The number of hydrogen-bond donors (Lipinski definition) is 6. The topological polar surface area (TPSA) is 160 Å². The van der Waals surface area contributed by atoms with Gasteiger partial charge in [0, 0.05) is 36.3 Å². The molecule has 0 aliphatic carbocycles. The number of aromatic hydroxyl groups is 1. The van der Waals surface area contributed by atoms with E-state index in [0.717, 1.165) is 65.3 Å². The third-order valence-corrected chi connectivity index (χ3v) is 8.54. The molecule has 2 aromatic carbocycles. The Labute approximate surface area is 266 Å². The number of phenols is 1. The average Bonchev–Trinajstić information content (AvgIpc) is 3.59. The van der Waals surface area contributed by atoms with Crippen molar-refractivity contribution in [3.63, 3.8) is 0 Å². The van der Waals surface area contributed by atoms with Gasteiger partial charge in [-0.15, -0.1) is 0 Å². The van der Waals surface area contributed by atoms with Crippen LogP contribution in [0.1, 0.15) is 93.6 Å². The van der Waals surface area contributed by atoms with E-state index in [2.05, 4.69) is 18.0 Å². The van der Waals surface area contributed by atoms with Crippen LogP contribution in [0.15, 0.2) is 61.1 Å². The lowest BCUT2D eigenvalue weighted by atomic mass is 9.85. The summed E-state index contributed by atoms with van der Waals surface area (Å²) in [6, 6.07) is 13.1. The van der Waals surface area contributed by atoms with Crippen molar-refractivity contribution < 1.29 is 24.9 Å². The summed E-state index contributed by atoms with van der Waals surface area (Å²) in [6.45, 7) is 4.30.